The van der Waals surface area contributed by atoms with Crippen LogP contribution >= 0.6 is 0 Å². The van der Waals surface area contributed by atoms with Gasteiger partial charge < -0.3 is 24.6 Å². The largest absolute Gasteiger partial charge is 0.387 e. The molecule has 2 aliphatic rings. The predicted molar refractivity (Wildman–Crippen MR) is 73.5 cm³/mol. The van der Waals surface area contributed by atoms with E-state index in [0.29, 0.717) is 5.56 Å². The molecule has 21 heavy (non-hydrogen) atoms. The van der Waals surface area contributed by atoms with Crippen LogP contribution in [0.15, 0.2) is 30.3 Å². The molecule has 0 aromatic heterocycles. The Morgan fingerprint density at radius 1 is 1.29 bits per heavy atom. The van der Waals surface area contributed by atoms with E-state index in [4.69, 9.17) is 14.2 Å². The van der Waals surface area contributed by atoms with Crippen LogP contribution in [0.4, 0.5) is 0 Å². The van der Waals surface area contributed by atoms with Gasteiger partial charge in [0.2, 0.25) is 0 Å². The highest BCUT2D eigenvalue weighted by molar-refractivity contribution is 5.94. The summed E-state index contributed by atoms with van der Waals surface area (Å²) in [6, 6.07) is 8.89. The predicted octanol–water partition coefficient (Wildman–Crippen LogP) is 0.654. The van der Waals surface area contributed by atoms with E-state index in [2.05, 4.69) is 5.32 Å². The number of rotatable bonds is 3. The molecule has 1 amide bonds. The molecule has 2 heterocycles. The first-order chi connectivity index (χ1) is 9.96. The van der Waals surface area contributed by atoms with Crippen LogP contribution in [0.5, 0.6) is 0 Å². The average molecular weight is 293 g/mol. The van der Waals surface area contributed by atoms with Gasteiger partial charge in [-0.2, -0.15) is 0 Å². The van der Waals surface area contributed by atoms with Gasteiger partial charge in [0.15, 0.2) is 12.1 Å². The van der Waals surface area contributed by atoms with Crippen molar-refractivity contribution in [1.82, 2.24) is 5.32 Å². The van der Waals surface area contributed by atoms with Crippen molar-refractivity contribution in [3.63, 3.8) is 0 Å². The van der Waals surface area contributed by atoms with Crippen molar-refractivity contribution in [2.24, 2.45) is 0 Å². The third-order valence-corrected chi connectivity index (χ3v) is 3.61. The summed E-state index contributed by atoms with van der Waals surface area (Å²) in [5.41, 5.74) is 0.568. The third kappa shape index (κ3) is 2.94. The monoisotopic (exact) mass is 293 g/mol. The van der Waals surface area contributed by atoms with Crippen LogP contribution < -0.4 is 5.32 Å². The van der Waals surface area contributed by atoms with Crippen LogP contribution in [0.1, 0.15) is 24.2 Å². The van der Waals surface area contributed by atoms with E-state index >= 15 is 0 Å². The average Bonchev–Trinajstić information content (AvgIpc) is 2.91. The lowest BCUT2D eigenvalue weighted by Crippen LogP contribution is -2.41. The van der Waals surface area contributed by atoms with E-state index in [0.717, 1.165) is 0 Å². The van der Waals surface area contributed by atoms with Gasteiger partial charge in [0.05, 0.1) is 0 Å². The molecule has 114 valence electrons. The summed E-state index contributed by atoms with van der Waals surface area (Å²) in [5, 5.41) is 12.9. The molecule has 2 N–H and O–H groups in total. The molecule has 2 aliphatic heterocycles. The van der Waals surface area contributed by atoms with Crippen molar-refractivity contribution in [1.29, 1.82) is 0 Å². The zero-order chi connectivity index (χ0) is 15.0. The molecule has 2 fully saturated rings. The molecule has 6 nitrogen and oxygen atoms in total. The van der Waals surface area contributed by atoms with Crippen LogP contribution in [0.3, 0.4) is 0 Å². The molecule has 2 saturated heterocycles. The highest BCUT2D eigenvalue weighted by Gasteiger charge is 2.54. The summed E-state index contributed by atoms with van der Waals surface area (Å²) in [6.45, 7) is 3.75. The smallest absolute Gasteiger partial charge is 0.251 e. The van der Waals surface area contributed by atoms with Crippen LogP contribution in [0.25, 0.3) is 0 Å². The molecule has 0 radical (unpaired) electrons. The summed E-state index contributed by atoms with van der Waals surface area (Å²) >= 11 is 0. The molecular formula is C15H19NO5. The Bertz CT molecular complexity index is 518. The van der Waals surface area contributed by atoms with Gasteiger partial charge in [0, 0.05) is 12.1 Å². The van der Waals surface area contributed by atoms with Crippen LogP contribution in [0.2, 0.25) is 0 Å². The Labute approximate surface area is 123 Å². The molecule has 0 saturated carbocycles. The zero-order valence-electron chi connectivity index (χ0n) is 12.0. The van der Waals surface area contributed by atoms with E-state index in [-0.39, 0.29) is 12.5 Å². The SMILES string of the molecule is CC1(C)O[C@H]2O[C@H](CNC(=O)c3ccccc3)[C@H](O)[C@H]2O1. The number of carbonyl (C=O) groups is 1. The lowest BCUT2D eigenvalue weighted by atomic mass is 10.1. The molecule has 1 aromatic carbocycles. The number of hydrogen-bond donors (Lipinski definition) is 2. The minimum atomic E-state index is -0.826. The minimum Gasteiger partial charge on any atom is -0.387 e. The molecule has 0 spiro atoms. The quantitative estimate of drug-likeness (QED) is 0.856. The van der Waals surface area contributed by atoms with Gasteiger partial charge in [-0.1, -0.05) is 18.2 Å². The fourth-order valence-electron chi connectivity index (χ4n) is 2.61. The molecule has 0 bridgehead atoms. The second-order valence-electron chi connectivity index (χ2n) is 5.71. The molecule has 6 heteroatoms. The van der Waals surface area contributed by atoms with Crippen LogP contribution in [0, 0.1) is 0 Å². The lowest BCUT2D eigenvalue weighted by molar-refractivity contribution is -0.213. The normalized spacial score (nSPS) is 33.7. The van der Waals surface area contributed by atoms with Crippen LogP contribution in [-0.2, 0) is 14.2 Å². The summed E-state index contributed by atoms with van der Waals surface area (Å²) in [4.78, 5) is 11.9. The summed E-state index contributed by atoms with van der Waals surface area (Å²) in [6.07, 6.45) is -2.47. The summed E-state index contributed by atoms with van der Waals surface area (Å²) < 4.78 is 16.8. The minimum absolute atomic E-state index is 0.203. The Balaban J connectivity index is 1.55. The van der Waals surface area contributed by atoms with Gasteiger partial charge >= 0.3 is 0 Å². The maximum atomic E-state index is 11.9. The second-order valence-corrected chi connectivity index (χ2v) is 5.71. The number of hydrogen-bond acceptors (Lipinski definition) is 5. The molecular weight excluding hydrogens is 274 g/mol. The number of aliphatic hydroxyl groups excluding tert-OH is 1. The van der Waals surface area contributed by atoms with E-state index < -0.39 is 30.4 Å². The summed E-state index contributed by atoms with van der Waals surface area (Å²) in [7, 11) is 0. The van der Waals surface area contributed by atoms with Gasteiger partial charge in [0.25, 0.3) is 5.91 Å². The van der Waals surface area contributed by atoms with Crippen molar-refractivity contribution in [3.05, 3.63) is 35.9 Å². The van der Waals surface area contributed by atoms with Gasteiger partial charge in [-0.05, 0) is 26.0 Å². The van der Waals surface area contributed by atoms with Crippen molar-refractivity contribution < 1.29 is 24.1 Å². The van der Waals surface area contributed by atoms with E-state index in [1.54, 1.807) is 38.1 Å². The first kappa shape index (κ1) is 14.5. The Kier molecular flexibility index (Phi) is 3.71. The standard InChI is InChI=1S/C15H19NO5/c1-15(2)20-12-11(17)10(19-14(12)21-15)8-16-13(18)9-6-4-3-5-7-9/h3-7,10-12,14,17H,8H2,1-2H3,(H,16,18)/t10-,11+,12-,14-/m1/s1. The fraction of sp³-hybridized carbons (Fsp3) is 0.533. The lowest BCUT2D eigenvalue weighted by Gasteiger charge is -2.23. The van der Waals surface area contributed by atoms with Crippen molar-refractivity contribution in [2.75, 3.05) is 6.54 Å². The number of fused-ring (bicyclic) bond motifs is 1. The molecule has 3 rings (SSSR count). The number of ether oxygens (including phenoxy) is 3. The number of amides is 1. The highest BCUT2D eigenvalue weighted by Crippen LogP contribution is 2.37. The topological polar surface area (TPSA) is 77.0 Å². The van der Waals surface area contributed by atoms with E-state index in [9.17, 15) is 9.90 Å². The van der Waals surface area contributed by atoms with Crippen molar-refractivity contribution >= 4 is 5.91 Å². The van der Waals surface area contributed by atoms with Gasteiger partial charge in [0.1, 0.15) is 18.3 Å². The maximum Gasteiger partial charge on any atom is 0.251 e. The zero-order valence-corrected chi connectivity index (χ0v) is 12.0. The maximum absolute atomic E-state index is 11.9. The molecule has 1 aromatic rings. The van der Waals surface area contributed by atoms with Gasteiger partial charge in [-0.15, -0.1) is 0 Å². The Morgan fingerprint density at radius 3 is 2.67 bits per heavy atom. The van der Waals surface area contributed by atoms with Gasteiger partial charge in [-0.25, -0.2) is 0 Å². The number of nitrogens with one attached hydrogen (secondary N) is 1. The molecule has 0 aliphatic carbocycles. The fourth-order valence-corrected chi connectivity index (χ4v) is 2.61. The Hall–Kier alpha value is -1.47. The number of benzene rings is 1. The molecule has 0 unspecified atom stereocenters. The van der Waals surface area contributed by atoms with E-state index in [1.165, 1.54) is 0 Å². The van der Waals surface area contributed by atoms with Gasteiger partial charge in [-0.3, -0.25) is 4.79 Å². The van der Waals surface area contributed by atoms with Crippen LogP contribution in [-0.4, -0.2) is 47.9 Å². The first-order valence-electron chi connectivity index (χ1n) is 6.99. The highest BCUT2D eigenvalue weighted by atomic mass is 16.8. The first-order valence-corrected chi connectivity index (χ1v) is 6.99. The Morgan fingerprint density at radius 2 is 2.00 bits per heavy atom. The molecule has 4 atom stereocenters. The number of carbonyl (C=O) groups excluding carboxylic acids is 1. The van der Waals surface area contributed by atoms with E-state index in [1.807, 2.05) is 6.07 Å². The summed E-state index contributed by atoms with van der Waals surface area (Å²) in [5.74, 6) is -0.959. The van der Waals surface area contributed by atoms with Crippen molar-refractivity contribution in [2.45, 2.75) is 44.2 Å². The third-order valence-electron chi connectivity index (χ3n) is 3.61. The van der Waals surface area contributed by atoms with Crippen molar-refractivity contribution in [3.8, 4) is 0 Å². The number of aliphatic hydroxyl groups is 1. The second kappa shape index (κ2) is 5.38.